The molecule has 0 unspecified atom stereocenters. The van der Waals surface area contributed by atoms with Gasteiger partial charge in [-0.25, -0.2) is 0 Å². The van der Waals surface area contributed by atoms with Crippen LogP contribution in [0.5, 0.6) is 0 Å². The highest BCUT2D eigenvalue weighted by molar-refractivity contribution is 5.08. The van der Waals surface area contributed by atoms with Crippen molar-refractivity contribution in [1.82, 2.24) is 4.98 Å². The fourth-order valence-corrected chi connectivity index (χ4v) is 2.04. The Morgan fingerprint density at radius 2 is 2.17 bits per heavy atom. The van der Waals surface area contributed by atoms with E-state index in [0.717, 1.165) is 25.0 Å². The van der Waals surface area contributed by atoms with E-state index in [0.29, 0.717) is 0 Å². The molecular weight excluding hydrogens is 150 g/mol. The third kappa shape index (κ3) is 1.53. The molecule has 2 nitrogen and oxygen atoms in total. The van der Waals surface area contributed by atoms with Crippen LogP contribution in [0, 0.1) is 0 Å². The van der Waals surface area contributed by atoms with E-state index >= 15 is 0 Å². The molecule has 0 atom stereocenters. The Hall–Kier alpha value is -0.760. The van der Waals surface area contributed by atoms with Gasteiger partial charge in [0, 0.05) is 18.3 Å². The van der Waals surface area contributed by atoms with Gasteiger partial charge in [0.05, 0.1) is 5.60 Å². The van der Waals surface area contributed by atoms with Gasteiger partial charge in [-0.2, -0.15) is 0 Å². The third-order valence-electron chi connectivity index (χ3n) is 2.72. The fourth-order valence-electron chi connectivity index (χ4n) is 2.04. The summed E-state index contributed by atoms with van der Waals surface area (Å²) in [6.45, 7) is 0. The Bertz CT molecular complexity index is 234. The van der Waals surface area contributed by atoms with Crippen molar-refractivity contribution in [3.63, 3.8) is 0 Å². The number of rotatable bonds is 2. The quantitative estimate of drug-likeness (QED) is 0.689. The highest BCUT2D eigenvalue weighted by atomic mass is 16.3. The van der Waals surface area contributed by atoms with Crippen LogP contribution in [0.25, 0.3) is 0 Å². The molecule has 66 valence electrons. The zero-order valence-electron chi connectivity index (χ0n) is 7.21. The van der Waals surface area contributed by atoms with Crippen molar-refractivity contribution >= 4 is 0 Å². The van der Waals surface area contributed by atoms with E-state index in [2.05, 4.69) is 4.98 Å². The highest BCUT2D eigenvalue weighted by Gasteiger charge is 2.31. The number of aromatic amines is 1. The van der Waals surface area contributed by atoms with Crippen molar-refractivity contribution in [2.75, 3.05) is 0 Å². The van der Waals surface area contributed by atoms with Crippen LogP contribution >= 0.6 is 0 Å². The molecule has 0 aliphatic heterocycles. The predicted molar refractivity (Wildman–Crippen MR) is 47.9 cm³/mol. The summed E-state index contributed by atoms with van der Waals surface area (Å²) in [5.74, 6) is 0. The molecule has 1 heterocycles. The minimum Gasteiger partial charge on any atom is -0.389 e. The lowest BCUT2D eigenvalue weighted by Gasteiger charge is -2.20. The van der Waals surface area contributed by atoms with Gasteiger partial charge in [-0.3, -0.25) is 0 Å². The Labute approximate surface area is 72.6 Å². The van der Waals surface area contributed by atoms with Crippen LogP contribution in [-0.2, 0) is 6.42 Å². The van der Waals surface area contributed by atoms with Crippen LogP contribution < -0.4 is 0 Å². The minimum atomic E-state index is -0.412. The van der Waals surface area contributed by atoms with Gasteiger partial charge < -0.3 is 10.1 Å². The second-order valence-electron chi connectivity index (χ2n) is 3.80. The lowest BCUT2D eigenvalue weighted by molar-refractivity contribution is 0.0473. The summed E-state index contributed by atoms with van der Waals surface area (Å²) in [5.41, 5.74) is 0.740. The number of aromatic nitrogens is 1. The monoisotopic (exact) mass is 165 g/mol. The Morgan fingerprint density at radius 3 is 2.75 bits per heavy atom. The molecule has 0 spiro atoms. The number of H-pyrrole nitrogens is 1. The van der Waals surface area contributed by atoms with Gasteiger partial charge in [-0.05, 0) is 25.0 Å². The average Bonchev–Trinajstić information content (AvgIpc) is 2.62. The third-order valence-corrected chi connectivity index (χ3v) is 2.72. The molecule has 0 saturated heterocycles. The maximum Gasteiger partial charge on any atom is 0.0702 e. The van der Waals surface area contributed by atoms with E-state index < -0.39 is 5.60 Å². The molecule has 0 aromatic carbocycles. The largest absolute Gasteiger partial charge is 0.389 e. The van der Waals surface area contributed by atoms with E-state index in [1.165, 1.54) is 12.8 Å². The molecule has 2 heteroatoms. The van der Waals surface area contributed by atoms with Crippen LogP contribution in [0.15, 0.2) is 18.3 Å². The van der Waals surface area contributed by atoms with Gasteiger partial charge in [0.1, 0.15) is 0 Å². The molecule has 0 amide bonds. The Kier molecular flexibility index (Phi) is 1.93. The van der Waals surface area contributed by atoms with Gasteiger partial charge >= 0.3 is 0 Å². The summed E-state index contributed by atoms with van der Waals surface area (Å²) in [5, 5.41) is 10.0. The zero-order chi connectivity index (χ0) is 8.44. The molecule has 12 heavy (non-hydrogen) atoms. The maximum atomic E-state index is 10.0. The van der Waals surface area contributed by atoms with Crippen molar-refractivity contribution < 1.29 is 5.11 Å². The molecule has 1 aliphatic carbocycles. The van der Waals surface area contributed by atoms with Crippen LogP contribution in [0.4, 0.5) is 0 Å². The first-order valence-corrected chi connectivity index (χ1v) is 4.63. The Morgan fingerprint density at radius 1 is 1.42 bits per heavy atom. The van der Waals surface area contributed by atoms with Crippen LogP contribution in [0.1, 0.15) is 31.4 Å². The van der Waals surface area contributed by atoms with E-state index in [1.54, 1.807) is 0 Å². The van der Waals surface area contributed by atoms with Crippen molar-refractivity contribution in [3.05, 3.63) is 24.0 Å². The highest BCUT2D eigenvalue weighted by Crippen LogP contribution is 2.31. The van der Waals surface area contributed by atoms with Crippen LogP contribution in [0.2, 0.25) is 0 Å². The molecule has 1 saturated carbocycles. The van der Waals surface area contributed by atoms with E-state index in [1.807, 2.05) is 18.3 Å². The molecule has 0 bridgehead atoms. The summed E-state index contributed by atoms with van der Waals surface area (Å²) in [6.07, 6.45) is 6.99. The number of hydrogen-bond donors (Lipinski definition) is 2. The fraction of sp³-hybridized carbons (Fsp3) is 0.600. The van der Waals surface area contributed by atoms with Crippen molar-refractivity contribution in [2.45, 2.75) is 37.7 Å². The molecule has 1 aromatic heterocycles. The first-order valence-electron chi connectivity index (χ1n) is 4.63. The van der Waals surface area contributed by atoms with E-state index in [-0.39, 0.29) is 0 Å². The van der Waals surface area contributed by atoms with Gasteiger partial charge in [0.2, 0.25) is 0 Å². The van der Waals surface area contributed by atoms with E-state index in [9.17, 15) is 5.11 Å². The van der Waals surface area contributed by atoms with Gasteiger partial charge in [0.15, 0.2) is 0 Å². The zero-order valence-corrected chi connectivity index (χ0v) is 7.21. The van der Waals surface area contributed by atoms with Gasteiger partial charge in [-0.1, -0.05) is 12.8 Å². The normalized spacial score (nSPS) is 21.4. The van der Waals surface area contributed by atoms with Gasteiger partial charge in [0.25, 0.3) is 0 Å². The van der Waals surface area contributed by atoms with Gasteiger partial charge in [-0.15, -0.1) is 0 Å². The smallest absolute Gasteiger partial charge is 0.0702 e. The topological polar surface area (TPSA) is 36.0 Å². The molecule has 1 aromatic rings. The summed E-state index contributed by atoms with van der Waals surface area (Å²) < 4.78 is 0. The van der Waals surface area contributed by atoms with Crippen LogP contribution in [-0.4, -0.2) is 15.7 Å². The summed E-state index contributed by atoms with van der Waals surface area (Å²) in [4.78, 5) is 3.13. The molecule has 0 radical (unpaired) electrons. The lowest BCUT2D eigenvalue weighted by Crippen LogP contribution is -2.27. The summed E-state index contributed by atoms with van der Waals surface area (Å²) >= 11 is 0. The standard InChI is InChI=1S/C10H15NO/c12-10(5-1-2-6-10)8-9-4-3-7-11-9/h3-4,7,11-12H,1-2,5-6,8H2. The Balaban J connectivity index is 2.02. The second kappa shape index (κ2) is 2.94. The molecular formula is C10H15NO. The summed E-state index contributed by atoms with van der Waals surface area (Å²) in [7, 11) is 0. The number of nitrogens with one attached hydrogen (secondary N) is 1. The van der Waals surface area contributed by atoms with Crippen molar-refractivity contribution in [2.24, 2.45) is 0 Å². The van der Waals surface area contributed by atoms with Crippen molar-refractivity contribution in [1.29, 1.82) is 0 Å². The number of aliphatic hydroxyl groups is 1. The predicted octanol–water partition coefficient (Wildman–Crippen LogP) is 1.86. The van der Waals surface area contributed by atoms with Crippen molar-refractivity contribution in [3.8, 4) is 0 Å². The van der Waals surface area contributed by atoms with Crippen LogP contribution in [0.3, 0.4) is 0 Å². The molecule has 2 N–H and O–H groups in total. The maximum absolute atomic E-state index is 10.0. The summed E-state index contributed by atoms with van der Waals surface area (Å²) in [6, 6.07) is 4.02. The SMILES string of the molecule is OC1(Cc2ccc[nH]2)CCCC1. The first kappa shape index (κ1) is 7.87. The average molecular weight is 165 g/mol. The lowest BCUT2D eigenvalue weighted by atomic mass is 9.96. The molecule has 1 fully saturated rings. The first-order chi connectivity index (χ1) is 5.79. The minimum absolute atomic E-state index is 0.412. The molecule has 2 rings (SSSR count). The number of hydrogen-bond acceptors (Lipinski definition) is 1. The molecule has 1 aliphatic rings. The second-order valence-corrected chi connectivity index (χ2v) is 3.80. The van der Waals surface area contributed by atoms with E-state index in [4.69, 9.17) is 0 Å².